The van der Waals surface area contributed by atoms with Crippen molar-refractivity contribution in [2.24, 2.45) is 0 Å². The molecule has 0 fully saturated rings. The van der Waals surface area contributed by atoms with Crippen LogP contribution in [0.2, 0.25) is 5.02 Å². The predicted octanol–water partition coefficient (Wildman–Crippen LogP) is 3.88. The zero-order valence-electron chi connectivity index (χ0n) is 8.92. The van der Waals surface area contributed by atoms with Crippen molar-refractivity contribution < 1.29 is 0 Å². The normalized spacial score (nSPS) is 20.8. The van der Waals surface area contributed by atoms with Crippen molar-refractivity contribution in [1.82, 2.24) is 5.32 Å². The predicted molar refractivity (Wildman–Crippen MR) is 67.8 cm³/mol. The molecule has 1 heterocycles. The van der Waals surface area contributed by atoms with Crippen LogP contribution in [0, 0.1) is 0 Å². The average Bonchev–Trinajstić information content (AvgIpc) is 2.43. The van der Waals surface area contributed by atoms with Crippen LogP contribution in [-0.4, -0.2) is 12.3 Å². The molecular weight excluding hydrogens is 226 g/mol. The van der Waals surface area contributed by atoms with Crippen LogP contribution >= 0.6 is 23.4 Å². The SMILES string of the molecule is CCNC1CCCSc2c(Cl)cccc21. The lowest BCUT2D eigenvalue weighted by Gasteiger charge is -2.18. The van der Waals surface area contributed by atoms with Crippen LogP contribution in [0.1, 0.15) is 31.4 Å². The first kappa shape index (κ1) is 11.3. The molecule has 82 valence electrons. The van der Waals surface area contributed by atoms with E-state index in [-0.39, 0.29) is 0 Å². The molecule has 0 bridgehead atoms. The molecule has 0 aliphatic carbocycles. The third-order valence-corrected chi connectivity index (χ3v) is 4.37. The third-order valence-electron chi connectivity index (χ3n) is 2.71. The van der Waals surface area contributed by atoms with Crippen molar-refractivity contribution in [3.05, 3.63) is 28.8 Å². The summed E-state index contributed by atoms with van der Waals surface area (Å²) in [7, 11) is 0. The lowest BCUT2D eigenvalue weighted by molar-refractivity contribution is 0.508. The minimum atomic E-state index is 0.485. The van der Waals surface area contributed by atoms with E-state index >= 15 is 0 Å². The molecule has 15 heavy (non-hydrogen) atoms. The van der Waals surface area contributed by atoms with E-state index in [2.05, 4.69) is 24.4 Å². The number of fused-ring (bicyclic) bond motifs is 1. The molecule has 0 spiro atoms. The summed E-state index contributed by atoms with van der Waals surface area (Å²) >= 11 is 8.13. The molecule has 1 aromatic rings. The highest BCUT2D eigenvalue weighted by Gasteiger charge is 2.19. The fourth-order valence-electron chi connectivity index (χ4n) is 2.03. The van der Waals surface area contributed by atoms with Crippen LogP contribution in [0.15, 0.2) is 23.1 Å². The van der Waals surface area contributed by atoms with Gasteiger partial charge in [-0.15, -0.1) is 11.8 Å². The number of thioether (sulfide) groups is 1. The van der Waals surface area contributed by atoms with Gasteiger partial charge in [-0.3, -0.25) is 0 Å². The Morgan fingerprint density at radius 1 is 1.53 bits per heavy atom. The highest BCUT2D eigenvalue weighted by molar-refractivity contribution is 7.99. The van der Waals surface area contributed by atoms with E-state index in [1.807, 2.05) is 17.8 Å². The molecular formula is C12H16ClNS. The summed E-state index contributed by atoms with van der Waals surface area (Å²) in [5.74, 6) is 1.18. The molecule has 0 radical (unpaired) electrons. The monoisotopic (exact) mass is 241 g/mol. The summed E-state index contributed by atoms with van der Waals surface area (Å²) < 4.78 is 0. The zero-order valence-corrected chi connectivity index (χ0v) is 10.5. The van der Waals surface area contributed by atoms with Crippen LogP contribution in [-0.2, 0) is 0 Å². The maximum atomic E-state index is 6.23. The maximum Gasteiger partial charge on any atom is 0.0545 e. The molecule has 0 aromatic heterocycles. The summed E-state index contributed by atoms with van der Waals surface area (Å²) in [4.78, 5) is 1.28. The van der Waals surface area contributed by atoms with Gasteiger partial charge in [-0.05, 0) is 36.8 Å². The van der Waals surface area contributed by atoms with E-state index in [9.17, 15) is 0 Å². The second-order valence-electron chi connectivity index (χ2n) is 3.76. The van der Waals surface area contributed by atoms with Gasteiger partial charge >= 0.3 is 0 Å². The fourth-order valence-corrected chi connectivity index (χ4v) is 3.47. The van der Waals surface area contributed by atoms with E-state index in [1.165, 1.54) is 29.1 Å². The number of rotatable bonds is 2. The maximum absolute atomic E-state index is 6.23. The number of hydrogen-bond acceptors (Lipinski definition) is 2. The van der Waals surface area contributed by atoms with Crippen LogP contribution in [0.3, 0.4) is 0 Å². The number of hydrogen-bond donors (Lipinski definition) is 1. The van der Waals surface area contributed by atoms with Crippen LogP contribution in [0.5, 0.6) is 0 Å². The number of benzene rings is 1. The van der Waals surface area contributed by atoms with E-state index in [0.29, 0.717) is 6.04 Å². The highest BCUT2D eigenvalue weighted by Crippen LogP contribution is 2.38. The standard InChI is InChI=1S/C12H16ClNS/c1-2-14-11-7-4-8-15-12-9(11)5-3-6-10(12)13/h3,5-6,11,14H,2,4,7-8H2,1H3. The first-order valence-electron chi connectivity index (χ1n) is 5.47. The first-order chi connectivity index (χ1) is 7.33. The molecule has 1 aliphatic rings. The molecule has 0 amide bonds. The van der Waals surface area contributed by atoms with E-state index in [1.54, 1.807) is 0 Å². The Kier molecular flexibility index (Phi) is 3.95. The topological polar surface area (TPSA) is 12.0 Å². The van der Waals surface area contributed by atoms with Crippen LogP contribution in [0.25, 0.3) is 0 Å². The lowest BCUT2D eigenvalue weighted by Crippen LogP contribution is -2.20. The Balaban J connectivity index is 2.36. The summed E-state index contributed by atoms with van der Waals surface area (Å²) in [6.07, 6.45) is 2.47. The van der Waals surface area contributed by atoms with Crippen LogP contribution < -0.4 is 5.32 Å². The Morgan fingerprint density at radius 3 is 3.20 bits per heavy atom. The number of nitrogens with one attached hydrogen (secondary N) is 1. The molecule has 2 rings (SSSR count). The Bertz CT molecular complexity index is 340. The second-order valence-corrected chi connectivity index (χ2v) is 5.27. The summed E-state index contributed by atoms with van der Waals surface area (Å²) in [6, 6.07) is 6.73. The van der Waals surface area contributed by atoms with E-state index < -0.39 is 0 Å². The molecule has 1 atom stereocenters. The van der Waals surface area contributed by atoms with Gasteiger partial charge in [0.1, 0.15) is 0 Å². The smallest absolute Gasteiger partial charge is 0.0545 e. The minimum absolute atomic E-state index is 0.485. The van der Waals surface area contributed by atoms with Gasteiger partial charge in [-0.2, -0.15) is 0 Å². The molecule has 1 unspecified atom stereocenters. The quantitative estimate of drug-likeness (QED) is 0.844. The van der Waals surface area contributed by atoms with Crippen molar-refractivity contribution in [3.63, 3.8) is 0 Å². The van der Waals surface area contributed by atoms with Crippen molar-refractivity contribution in [3.8, 4) is 0 Å². The van der Waals surface area contributed by atoms with Gasteiger partial charge in [-0.1, -0.05) is 30.7 Å². The molecule has 0 saturated carbocycles. The highest BCUT2D eigenvalue weighted by atomic mass is 35.5. The van der Waals surface area contributed by atoms with Gasteiger partial charge in [-0.25, -0.2) is 0 Å². The van der Waals surface area contributed by atoms with Gasteiger partial charge in [0, 0.05) is 10.9 Å². The van der Waals surface area contributed by atoms with E-state index in [0.717, 1.165) is 11.6 Å². The summed E-state index contributed by atoms with van der Waals surface area (Å²) in [5, 5.41) is 4.44. The first-order valence-corrected chi connectivity index (χ1v) is 6.84. The van der Waals surface area contributed by atoms with Crippen molar-refractivity contribution >= 4 is 23.4 Å². The Labute approximate surface area is 101 Å². The fraction of sp³-hybridized carbons (Fsp3) is 0.500. The summed E-state index contributed by atoms with van der Waals surface area (Å²) in [5.41, 5.74) is 1.38. The number of halogens is 1. The van der Waals surface area contributed by atoms with Crippen molar-refractivity contribution in [2.45, 2.75) is 30.7 Å². The van der Waals surface area contributed by atoms with Crippen molar-refractivity contribution in [2.75, 3.05) is 12.3 Å². The average molecular weight is 242 g/mol. The Hall–Kier alpha value is -0.180. The van der Waals surface area contributed by atoms with Crippen molar-refractivity contribution in [1.29, 1.82) is 0 Å². The zero-order chi connectivity index (χ0) is 10.7. The molecule has 1 N–H and O–H groups in total. The Morgan fingerprint density at radius 2 is 2.40 bits per heavy atom. The third kappa shape index (κ3) is 2.49. The summed E-state index contributed by atoms with van der Waals surface area (Å²) in [6.45, 7) is 3.17. The van der Waals surface area contributed by atoms with Gasteiger partial charge < -0.3 is 5.32 Å². The molecule has 0 saturated heterocycles. The molecule has 1 nitrogen and oxygen atoms in total. The lowest BCUT2D eigenvalue weighted by atomic mass is 10.0. The minimum Gasteiger partial charge on any atom is -0.310 e. The largest absolute Gasteiger partial charge is 0.310 e. The molecule has 1 aromatic carbocycles. The van der Waals surface area contributed by atoms with Gasteiger partial charge in [0.25, 0.3) is 0 Å². The van der Waals surface area contributed by atoms with Gasteiger partial charge in [0.05, 0.1) is 5.02 Å². The van der Waals surface area contributed by atoms with Gasteiger partial charge in [0.15, 0.2) is 0 Å². The molecule has 1 aliphatic heterocycles. The van der Waals surface area contributed by atoms with Crippen LogP contribution in [0.4, 0.5) is 0 Å². The second kappa shape index (κ2) is 5.24. The van der Waals surface area contributed by atoms with Gasteiger partial charge in [0.2, 0.25) is 0 Å². The van der Waals surface area contributed by atoms with E-state index in [4.69, 9.17) is 11.6 Å². The molecule has 3 heteroatoms.